The Bertz CT molecular complexity index is 3470. The van der Waals surface area contributed by atoms with Crippen LogP contribution in [0.15, 0.2) is 86.3 Å². The van der Waals surface area contributed by atoms with Crippen LogP contribution in [0.3, 0.4) is 0 Å². The predicted octanol–water partition coefficient (Wildman–Crippen LogP) is 20.1. The van der Waals surface area contributed by atoms with E-state index in [1.54, 1.807) is 66.8 Å². The summed E-state index contributed by atoms with van der Waals surface area (Å²) < 4.78 is 17.6. The van der Waals surface area contributed by atoms with Crippen LogP contribution in [0.25, 0.3) is 32.7 Å². The number of nitrogens with one attached hydrogen (secondary N) is 1. The van der Waals surface area contributed by atoms with E-state index in [-0.39, 0.29) is 22.0 Å². The minimum atomic E-state index is -2.91. The maximum absolute atomic E-state index is 11.7. The fraction of sp³-hybridized carbons (Fsp3) is 0.615. The minimum absolute atomic E-state index is 0.0438. The van der Waals surface area contributed by atoms with E-state index in [1.165, 1.54) is 157 Å². The number of benzene rings is 3. The fourth-order valence-electron chi connectivity index (χ4n) is 13.1. The number of hydrogen-bond acceptors (Lipinski definition) is 15. The zero-order valence-electron chi connectivity index (χ0n) is 64.5. The molecular formula is C78H121Br3N12O9Sn3. The van der Waals surface area contributed by atoms with Crippen LogP contribution in [-0.2, 0) is 14.4 Å². The molecule has 0 aliphatic carbocycles. The zero-order chi connectivity index (χ0) is 76.9. The number of piperazine rings is 3. The number of fused-ring (bicyclic) bond motifs is 3. The number of carbonyl (C=O) groups is 3. The first-order chi connectivity index (χ1) is 50.8. The SMILES string of the molecule is CCC[CH2][Sn]([CH2]CCC)([CH2]CCC)[c]1cc(N2CCN(C=O)CC2)nc2ccc([N+](=O)[O-])cc12.CCC[CH2][Sn]([CH2]CCC)[CH2]CCC.CCC[CH2][Sn]([CH2]CCC)[CH2]CCC.O=CN1CCN(c2cc(Br)c3cc([N+](=O)[O-])ccc3n2)CC1.O=CN1CCNCC1.O=[N+]([O-])c1ccc2nc(Br)cc(Br)c2c1. The second-order valence-corrected chi connectivity index (χ2v) is 60.4. The molecule has 105 heavy (non-hydrogen) atoms. The average Bonchev–Trinajstić information content (AvgIpc) is 0.756. The number of rotatable bonds is 36. The van der Waals surface area contributed by atoms with Gasteiger partial charge in [0.2, 0.25) is 12.8 Å². The number of amides is 3. The Kier molecular flexibility index (Phi) is 47.7. The van der Waals surface area contributed by atoms with Gasteiger partial charge in [-0.3, -0.25) is 29.8 Å². The number of nitrogens with zero attached hydrogens (tertiary/aromatic N) is 11. The van der Waals surface area contributed by atoms with Crippen molar-refractivity contribution in [2.24, 2.45) is 0 Å². The Balaban J connectivity index is 0.000000285. The maximum atomic E-state index is 11.7. The average molecular weight is 1970 g/mol. The number of pyridine rings is 3. The van der Waals surface area contributed by atoms with Crippen LogP contribution >= 0.6 is 47.8 Å². The first kappa shape index (κ1) is 93.3. The van der Waals surface area contributed by atoms with Gasteiger partial charge in [-0.1, -0.05) is 0 Å². The molecule has 0 atom stereocenters. The monoisotopic (exact) mass is 1970 g/mol. The van der Waals surface area contributed by atoms with Crippen LogP contribution in [0.1, 0.15) is 178 Å². The Labute approximate surface area is 670 Å². The largest absolute Gasteiger partial charge is 0.353 e. The summed E-state index contributed by atoms with van der Waals surface area (Å²) in [6.45, 7) is 30.1. The molecule has 580 valence electrons. The number of aromatic nitrogens is 3. The van der Waals surface area contributed by atoms with Crippen LogP contribution in [0, 0.1) is 30.3 Å². The van der Waals surface area contributed by atoms with Crippen molar-refractivity contribution < 1.29 is 29.2 Å². The van der Waals surface area contributed by atoms with Crippen molar-refractivity contribution in [2.45, 2.75) is 218 Å². The van der Waals surface area contributed by atoms with Gasteiger partial charge in [-0.2, -0.15) is 0 Å². The van der Waals surface area contributed by atoms with E-state index in [2.05, 4.69) is 141 Å². The van der Waals surface area contributed by atoms with Gasteiger partial charge in [0.15, 0.2) is 0 Å². The molecule has 3 saturated heterocycles. The molecule has 6 heterocycles. The Morgan fingerprint density at radius 3 is 1.04 bits per heavy atom. The van der Waals surface area contributed by atoms with Gasteiger partial charge >= 0.3 is 393 Å². The van der Waals surface area contributed by atoms with Crippen LogP contribution in [0.2, 0.25) is 39.9 Å². The van der Waals surface area contributed by atoms with Crippen molar-refractivity contribution in [3.8, 4) is 0 Å². The molecule has 2 radical (unpaired) electrons. The van der Waals surface area contributed by atoms with Gasteiger partial charge in [-0.05, 0) is 72.1 Å². The third-order valence-corrected chi connectivity index (χ3v) is 55.2. The molecular weight excluding hydrogens is 1840 g/mol. The predicted molar refractivity (Wildman–Crippen MR) is 453 cm³/mol. The Hall–Kier alpha value is -4.10. The molecule has 0 spiro atoms. The van der Waals surface area contributed by atoms with Gasteiger partial charge in [-0.25, -0.2) is 9.97 Å². The fourth-order valence-corrected chi connectivity index (χ4v) is 50.5. The van der Waals surface area contributed by atoms with E-state index in [0.717, 1.165) is 108 Å². The normalized spacial score (nSPS) is 13.7. The van der Waals surface area contributed by atoms with Gasteiger partial charge in [0.1, 0.15) is 10.4 Å². The first-order valence-corrected chi connectivity index (χ1v) is 60.9. The molecule has 0 saturated carbocycles. The number of halogens is 3. The van der Waals surface area contributed by atoms with E-state index in [9.17, 15) is 44.7 Å². The third-order valence-electron chi connectivity index (χ3n) is 19.6. The summed E-state index contributed by atoms with van der Waals surface area (Å²) in [5.41, 5.74) is 2.55. The maximum Gasteiger partial charge on any atom is 0.270 e. The standard InChI is InChI=1S/C14H13BrN4O3.C14H13N4O3.C9H4Br2N2O2.C5H10N2O.9C4H9.3Sn/c15-12-8-14(18-5-3-17(9-20)4-6-18)16-13-2-1-10(19(21)22)7-11(12)13;19-10-16-5-7-17(8-6-16)14-4-1-11-9-12(18(20)21)2-3-13(11)15-14;10-7-4-9(11)12-8-2-1-5(13(14)15)3-6(7)8;8-5-7-3-1-6-2-4-7;9*1-3-4-2;;;/h1-2,7-9H,3-6H2;2-4,9-10H,5-8H2;1-4H;5-6H,1-4H2;9*1,3-4H2,2H3;;;. The van der Waals surface area contributed by atoms with Gasteiger partial charge in [-0.15, -0.1) is 0 Å². The molecule has 9 rings (SSSR count). The van der Waals surface area contributed by atoms with Crippen molar-refractivity contribution in [1.82, 2.24) is 35.0 Å². The molecule has 3 aliphatic heterocycles. The third kappa shape index (κ3) is 33.2. The summed E-state index contributed by atoms with van der Waals surface area (Å²) >= 11 is 5.48. The summed E-state index contributed by atoms with van der Waals surface area (Å²) in [4.78, 5) is 87.5. The quantitative estimate of drug-likeness (QED) is 0.0126. The van der Waals surface area contributed by atoms with E-state index in [0.29, 0.717) is 47.2 Å². The van der Waals surface area contributed by atoms with Crippen molar-refractivity contribution in [1.29, 1.82) is 0 Å². The molecule has 3 aliphatic rings. The van der Waals surface area contributed by atoms with Gasteiger partial charge in [0.05, 0.1) is 20.9 Å². The minimum Gasteiger partial charge on any atom is -0.353 e. The van der Waals surface area contributed by atoms with E-state index in [1.807, 2.05) is 17.0 Å². The van der Waals surface area contributed by atoms with E-state index >= 15 is 0 Å². The molecule has 21 nitrogen and oxygen atoms in total. The molecule has 3 fully saturated rings. The number of nitro benzene ring substituents is 3. The summed E-state index contributed by atoms with van der Waals surface area (Å²) in [6.07, 6.45) is 27.6. The zero-order valence-corrected chi connectivity index (χ0v) is 77.8. The van der Waals surface area contributed by atoms with Crippen molar-refractivity contribution in [3.63, 3.8) is 0 Å². The van der Waals surface area contributed by atoms with Gasteiger partial charge in [0.25, 0.3) is 11.4 Å². The van der Waals surface area contributed by atoms with Crippen LogP contribution in [-0.4, -0.2) is 200 Å². The molecule has 27 heteroatoms. The van der Waals surface area contributed by atoms with Crippen molar-refractivity contribution in [3.05, 3.63) is 117 Å². The van der Waals surface area contributed by atoms with Crippen molar-refractivity contribution in [2.75, 3.05) is 88.3 Å². The summed E-state index contributed by atoms with van der Waals surface area (Å²) in [5, 5.41) is 38.7. The van der Waals surface area contributed by atoms with E-state index in [4.69, 9.17) is 4.98 Å². The first-order valence-electron chi connectivity index (χ1n) is 39.0. The number of nitro groups is 3. The summed E-state index contributed by atoms with van der Waals surface area (Å²) in [6, 6.07) is 20.4. The van der Waals surface area contributed by atoms with Crippen LogP contribution in [0.5, 0.6) is 0 Å². The van der Waals surface area contributed by atoms with E-state index < -0.39 is 67.7 Å². The Morgan fingerprint density at radius 2 is 0.714 bits per heavy atom. The molecule has 3 aromatic carbocycles. The smallest absolute Gasteiger partial charge is 0.270 e. The number of unbranched alkanes of at least 4 members (excludes halogenated alkanes) is 9. The molecule has 6 aromatic rings. The van der Waals surface area contributed by atoms with Crippen molar-refractivity contribution >= 4 is 190 Å². The molecule has 1 N–H and O–H groups in total. The summed E-state index contributed by atoms with van der Waals surface area (Å²) in [5.74, 6) is 1.78. The second-order valence-electron chi connectivity index (χ2n) is 27.7. The second kappa shape index (κ2) is 53.7. The van der Waals surface area contributed by atoms with Crippen LogP contribution in [0.4, 0.5) is 28.7 Å². The van der Waals surface area contributed by atoms with Gasteiger partial charge in [0, 0.05) is 96.3 Å². The molecule has 0 unspecified atom stereocenters. The topological polar surface area (TPSA) is 248 Å². The molecule has 3 amide bonds. The number of hydrogen-bond donors (Lipinski definition) is 1. The number of anilines is 2. The number of non-ortho nitro benzene ring substituents is 3. The number of carbonyl (C=O) groups excluding carboxylic acids is 3. The molecule has 3 aromatic heterocycles. The van der Waals surface area contributed by atoms with Gasteiger partial charge < -0.3 is 20.0 Å². The molecule has 0 bridgehead atoms. The summed E-state index contributed by atoms with van der Waals surface area (Å²) in [7, 11) is 0. The Morgan fingerprint density at radius 1 is 0.410 bits per heavy atom. The van der Waals surface area contributed by atoms with Crippen LogP contribution < -0.4 is 18.7 Å².